The van der Waals surface area contributed by atoms with Crippen molar-refractivity contribution in [3.05, 3.63) is 59.2 Å². The molecule has 4 aliphatic rings. The quantitative estimate of drug-likeness (QED) is 0.650. The number of aryl methyl sites for hydroxylation is 1. The first kappa shape index (κ1) is 17.0. The second-order valence-electron chi connectivity index (χ2n) is 9.25. The van der Waals surface area contributed by atoms with Gasteiger partial charge in [0.1, 0.15) is 5.75 Å². The fourth-order valence-corrected chi connectivity index (χ4v) is 6.41. The Bertz CT molecular complexity index is 829. The molecule has 0 spiro atoms. The zero-order chi connectivity index (χ0) is 18.4. The van der Waals surface area contributed by atoms with Crippen LogP contribution in [0.25, 0.3) is 0 Å². The van der Waals surface area contributed by atoms with Crippen molar-refractivity contribution in [2.75, 3.05) is 0 Å². The Hall–Kier alpha value is -2.09. The standard InChI is InChI=1S/C25H29NO/c1-2-17-3-6-23(7-4-17)26-16-21-12-22(5-8-24(21)27)25-13-18-9-19(14-25)11-20(10-18)15-25/h3-8,12,16,18-20,27H,2,9-11,13-15H2,1H3. The number of hydrogen-bond acceptors (Lipinski definition) is 2. The second-order valence-corrected chi connectivity index (χ2v) is 9.25. The van der Waals surface area contributed by atoms with Crippen molar-refractivity contribution in [1.82, 2.24) is 0 Å². The summed E-state index contributed by atoms with van der Waals surface area (Å²) >= 11 is 0. The number of phenolic OH excluding ortho intramolecular Hbond substituents is 1. The summed E-state index contributed by atoms with van der Waals surface area (Å²) in [6, 6.07) is 14.6. The molecule has 4 aliphatic carbocycles. The van der Waals surface area contributed by atoms with Gasteiger partial charge in [0, 0.05) is 11.8 Å². The normalized spacial score (nSPS) is 31.7. The van der Waals surface area contributed by atoms with Crippen molar-refractivity contribution >= 4 is 11.9 Å². The highest BCUT2D eigenvalue weighted by molar-refractivity contribution is 5.85. The molecule has 0 heterocycles. The van der Waals surface area contributed by atoms with E-state index in [2.05, 4.69) is 48.3 Å². The molecule has 2 heteroatoms. The molecule has 27 heavy (non-hydrogen) atoms. The Morgan fingerprint density at radius 3 is 2.19 bits per heavy atom. The largest absolute Gasteiger partial charge is 0.507 e. The molecule has 2 aromatic rings. The lowest BCUT2D eigenvalue weighted by Gasteiger charge is -2.57. The van der Waals surface area contributed by atoms with E-state index < -0.39 is 0 Å². The van der Waals surface area contributed by atoms with E-state index >= 15 is 0 Å². The van der Waals surface area contributed by atoms with Gasteiger partial charge in [0.05, 0.1) is 5.69 Å². The van der Waals surface area contributed by atoms with E-state index in [4.69, 9.17) is 0 Å². The Morgan fingerprint density at radius 2 is 1.59 bits per heavy atom. The van der Waals surface area contributed by atoms with Crippen molar-refractivity contribution in [1.29, 1.82) is 0 Å². The number of rotatable bonds is 4. The molecular weight excluding hydrogens is 330 g/mol. The first-order valence-electron chi connectivity index (χ1n) is 10.6. The first-order valence-corrected chi connectivity index (χ1v) is 10.6. The van der Waals surface area contributed by atoms with Crippen LogP contribution in [0.15, 0.2) is 47.5 Å². The van der Waals surface area contributed by atoms with Crippen LogP contribution in [0.4, 0.5) is 5.69 Å². The summed E-state index contributed by atoms with van der Waals surface area (Å²) in [4.78, 5) is 4.62. The summed E-state index contributed by atoms with van der Waals surface area (Å²) in [6.45, 7) is 2.16. The van der Waals surface area contributed by atoms with Crippen molar-refractivity contribution < 1.29 is 5.11 Å². The molecule has 4 bridgehead atoms. The molecule has 0 unspecified atom stereocenters. The van der Waals surface area contributed by atoms with E-state index in [0.29, 0.717) is 11.2 Å². The van der Waals surface area contributed by atoms with E-state index in [1.807, 2.05) is 12.3 Å². The van der Waals surface area contributed by atoms with Crippen LogP contribution < -0.4 is 0 Å². The average molecular weight is 360 g/mol. The Labute approximate surface area is 162 Å². The molecule has 0 aliphatic heterocycles. The minimum absolute atomic E-state index is 0.331. The second kappa shape index (κ2) is 6.51. The third-order valence-electron chi connectivity index (χ3n) is 7.38. The number of benzene rings is 2. The van der Waals surface area contributed by atoms with Crippen LogP contribution in [0.2, 0.25) is 0 Å². The van der Waals surface area contributed by atoms with Gasteiger partial charge in [-0.1, -0.05) is 25.1 Å². The molecule has 0 radical (unpaired) electrons. The van der Waals surface area contributed by atoms with Crippen LogP contribution in [0.1, 0.15) is 62.1 Å². The predicted molar refractivity (Wildman–Crippen MR) is 111 cm³/mol. The number of aliphatic imine (C=N–C) groups is 1. The summed E-state index contributed by atoms with van der Waals surface area (Å²) in [5, 5.41) is 10.4. The van der Waals surface area contributed by atoms with Gasteiger partial charge >= 0.3 is 0 Å². The summed E-state index contributed by atoms with van der Waals surface area (Å²) < 4.78 is 0. The van der Waals surface area contributed by atoms with E-state index in [-0.39, 0.29) is 0 Å². The van der Waals surface area contributed by atoms with Gasteiger partial charge in [-0.25, -0.2) is 0 Å². The molecule has 140 valence electrons. The topological polar surface area (TPSA) is 32.6 Å². The summed E-state index contributed by atoms with van der Waals surface area (Å²) in [6.07, 6.45) is 11.3. The third kappa shape index (κ3) is 3.09. The molecular formula is C25H29NO. The highest BCUT2D eigenvalue weighted by Crippen LogP contribution is 2.60. The van der Waals surface area contributed by atoms with E-state index in [9.17, 15) is 5.11 Å². The van der Waals surface area contributed by atoms with Crippen molar-refractivity contribution in [2.24, 2.45) is 22.7 Å². The Balaban J connectivity index is 1.44. The maximum atomic E-state index is 10.4. The number of hydrogen-bond donors (Lipinski definition) is 1. The van der Waals surface area contributed by atoms with Gasteiger partial charge in [0.25, 0.3) is 0 Å². The highest BCUT2D eigenvalue weighted by Gasteiger charge is 2.51. The first-order chi connectivity index (χ1) is 13.1. The van der Waals surface area contributed by atoms with Gasteiger partial charge in [0.15, 0.2) is 0 Å². The van der Waals surface area contributed by atoms with Gasteiger partial charge in [-0.05, 0) is 104 Å². The molecule has 2 aromatic carbocycles. The van der Waals surface area contributed by atoms with Crippen LogP contribution in [0.3, 0.4) is 0 Å². The molecule has 4 saturated carbocycles. The molecule has 0 saturated heterocycles. The van der Waals surface area contributed by atoms with Crippen LogP contribution in [0.5, 0.6) is 5.75 Å². The van der Waals surface area contributed by atoms with Gasteiger partial charge in [-0.15, -0.1) is 0 Å². The molecule has 0 amide bonds. The summed E-state index contributed by atoms with van der Waals surface area (Å²) in [7, 11) is 0. The lowest BCUT2D eigenvalue weighted by molar-refractivity contribution is -0.00520. The van der Waals surface area contributed by atoms with Crippen LogP contribution in [0, 0.1) is 17.8 Å². The smallest absolute Gasteiger partial charge is 0.124 e. The van der Waals surface area contributed by atoms with Crippen LogP contribution >= 0.6 is 0 Å². The Kier molecular flexibility index (Phi) is 4.11. The van der Waals surface area contributed by atoms with E-state index in [0.717, 1.165) is 35.4 Å². The maximum absolute atomic E-state index is 10.4. The van der Waals surface area contributed by atoms with Crippen molar-refractivity contribution in [3.8, 4) is 5.75 Å². The van der Waals surface area contributed by atoms with E-state index in [1.165, 1.54) is 49.7 Å². The van der Waals surface area contributed by atoms with Gasteiger partial charge in [-0.3, -0.25) is 4.99 Å². The fourth-order valence-electron chi connectivity index (χ4n) is 6.41. The minimum Gasteiger partial charge on any atom is -0.507 e. The molecule has 2 nitrogen and oxygen atoms in total. The van der Waals surface area contributed by atoms with Crippen LogP contribution in [-0.2, 0) is 11.8 Å². The minimum atomic E-state index is 0.331. The zero-order valence-corrected chi connectivity index (χ0v) is 16.2. The fraction of sp³-hybridized carbons (Fsp3) is 0.480. The maximum Gasteiger partial charge on any atom is 0.124 e. The molecule has 6 rings (SSSR count). The predicted octanol–water partition coefficient (Wildman–Crippen LogP) is 6.17. The average Bonchev–Trinajstić information content (AvgIpc) is 2.66. The van der Waals surface area contributed by atoms with Crippen molar-refractivity contribution in [2.45, 2.75) is 57.3 Å². The van der Waals surface area contributed by atoms with E-state index in [1.54, 1.807) is 0 Å². The highest BCUT2D eigenvalue weighted by atomic mass is 16.3. The molecule has 0 aromatic heterocycles. The lowest BCUT2D eigenvalue weighted by atomic mass is 9.48. The van der Waals surface area contributed by atoms with Gasteiger partial charge in [-0.2, -0.15) is 0 Å². The van der Waals surface area contributed by atoms with Crippen LogP contribution in [-0.4, -0.2) is 11.3 Å². The molecule has 1 N–H and O–H groups in total. The molecule has 0 atom stereocenters. The number of phenols is 1. The van der Waals surface area contributed by atoms with Crippen molar-refractivity contribution in [3.63, 3.8) is 0 Å². The van der Waals surface area contributed by atoms with Gasteiger partial charge < -0.3 is 5.11 Å². The Morgan fingerprint density at radius 1 is 0.963 bits per heavy atom. The SMILES string of the molecule is CCc1ccc(N=Cc2cc(C34CC5CC(CC(C5)C3)C4)ccc2O)cc1. The monoisotopic (exact) mass is 359 g/mol. The molecule has 4 fully saturated rings. The third-order valence-corrected chi connectivity index (χ3v) is 7.38. The van der Waals surface area contributed by atoms with Gasteiger partial charge in [0.2, 0.25) is 0 Å². The summed E-state index contributed by atoms with van der Waals surface area (Å²) in [5.74, 6) is 3.12. The number of nitrogens with zero attached hydrogens (tertiary/aromatic N) is 1. The summed E-state index contributed by atoms with van der Waals surface area (Å²) in [5.41, 5.74) is 4.89. The zero-order valence-electron chi connectivity index (χ0n) is 16.2. The number of aromatic hydroxyl groups is 1. The lowest BCUT2D eigenvalue weighted by Crippen LogP contribution is -2.48.